The Balaban J connectivity index is 3.37. The molecule has 2 nitrogen and oxygen atoms in total. The molecule has 0 saturated heterocycles. The van der Waals surface area contributed by atoms with Crippen LogP contribution in [-0.2, 0) is 9.53 Å². The van der Waals surface area contributed by atoms with Crippen LogP contribution in [-0.4, -0.2) is 12.6 Å². The summed E-state index contributed by atoms with van der Waals surface area (Å²) >= 11 is 0. The fourth-order valence-corrected chi connectivity index (χ4v) is 2.14. The number of esters is 1. The zero-order valence-corrected chi connectivity index (χ0v) is 15.7. The lowest BCUT2D eigenvalue weighted by atomic mass is 10.2. The molecule has 0 radical (unpaired) electrons. The summed E-state index contributed by atoms with van der Waals surface area (Å²) in [5.41, 5.74) is 0. The van der Waals surface area contributed by atoms with Crippen molar-refractivity contribution < 1.29 is 9.53 Å². The number of carbonyl (C=O) groups excluding carboxylic acids is 1. The maximum Gasteiger partial charge on any atom is 0.302 e. The molecular formula is C22H36O2. The average Bonchev–Trinajstić information content (AvgIpc) is 2.56. The molecule has 2 heteroatoms. The third kappa shape index (κ3) is 20.4. The first kappa shape index (κ1) is 22.4. The molecule has 24 heavy (non-hydrogen) atoms. The van der Waals surface area contributed by atoms with Crippen LogP contribution in [0, 0.1) is 0 Å². The lowest BCUT2D eigenvalue weighted by Gasteiger charge is -1.99. The predicted molar refractivity (Wildman–Crippen MR) is 105 cm³/mol. The zero-order chi connectivity index (χ0) is 17.7. The molecule has 0 aromatic rings. The minimum atomic E-state index is -0.187. The first-order valence-corrected chi connectivity index (χ1v) is 9.50. The van der Waals surface area contributed by atoms with Crippen LogP contribution >= 0.6 is 0 Å². The van der Waals surface area contributed by atoms with Gasteiger partial charge in [0.1, 0.15) is 0 Å². The number of allylic oxidation sites excluding steroid dienone is 8. The van der Waals surface area contributed by atoms with Gasteiger partial charge in [0, 0.05) is 6.92 Å². The quantitative estimate of drug-likeness (QED) is 0.189. The van der Waals surface area contributed by atoms with E-state index < -0.39 is 0 Å². The van der Waals surface area contributed by atoms with E-state index in [4.69, 9.17) is 4.74 Å². The SMILES string of the molecule is CCCCC/C=C/C/C=C/C/C=C/C/C=C/CCCCOC(C)=O. The molecule has 0 unspecified atom stereocenters. The van der Waals surface area contributed by atoms with E-state index in [0.717, 1.165) is 38.5 Å². The third-order valence-electron chi connectivity index (χ3n) is 3.53. The summed E-state index contributed by atoms with van der Waals surface area (Å²) in [6.45, 7) is 4.24. The maximum absolute atomic E-state index is 10.6. The third-order valence-corrected chi connectivity index (χ3v) is 3.53. The smallest absolute Gasteiger partial charge is 0.302 e. The molecule has 0 aliphatic heterocycles. The Kier molecular flexibility index (Phi) is 18.2. The van der Waals surface area contributed by atoms with Gasteiger partial charge in [-0.05, 0) is 51.4 Å². The van der Waals surface area contributed by atoms with Gasteiger partial charge in [0.05, 0.1) is 6.61 Å². The number of carbonyl (C=O) groups is 1. The minimum absolute atomic E-state index is 0.187. The van der Waals surface area contributed by atoms with Gasteiger partial charge in [-0.1, -0.05) is 68.4 Å². The standard InChI is InChI=1S/C22H36O2/c1-3-4-5-6-7-8-9-10-11-12-13-14-15-16-17-18-19-20-21-24-22(2)23/h7-8,10-11,13-14,16-17H,3-6,9,12,15,18-21H2,1-2H3/b8-7+,11-10+,14-13+,17-16+. The van der Waals surface area contributed by atoms with Crippen molar-refractivity contribution in [3.05, 3.63) is 48.6 Å². The Labute approximate surface area is 149 Å². The number of rotatable bonds is 15. The first-order valence-electron chi connectivity index (χ1n) is 9.50. The van der Waals surface area contributed by atoms with Gasteiger partial charge in [0.2, 0.25) is 0 Å². The van der Waals surface area contributed by atoms with Crippen LogP contribution in [0.3, 0.4) is 0 Å². The lowest BCUT2D eigenvalue weighted by Crippen LogP contribution is -1.99. The van der Waals surface area contributed by atoms with Crippen LogP contribution in [0.2, 0.25) is 0 Å². The molecule has 0 saturated carbocycles. The Morgan fingerprint density at radius 3 is 1.62 bits per heavy atom. The first-order chi connectivity index (χ1) is 11.8. The van der Waals surface area contributed by atoms with E-state index in [-0.39, 0.29) is 5.97 Å². The lowest BCUT2D eigenvalue weighted by molar-refractivity contribution is -0.141. The van der Waals surface area contributed by atoms with Gasteiger partial charge in [0.15, 0.2) is 0 Å². The summed E-state index contributed by atoms with van der Waals surface area (Å²) in [7, 11) is 0. The summed E-state index contributed by atoms with van der Waals surface area (Å²) in [5, 5.41) is 0. The molecule has 0 rings (SSSR count). The van der Waals surface area contributed by atoms with Crippen molar-refractivity contribution in [1.82, 2.24) is 0 Å². The van der Waals surface area contributed by atoms with Gasteiger partial charge in [-0.3, -0.25) is 4.79 Å². The highest BCUT2D eigenvalue weighted by molar-refractivity contribution is 5.65. The van der Waals surface area contributed by atoms with Gasteiger partial charge in [-0.25, -0.2) is 0 Å². The molecule has 0 aliphatic rings. The summed E-state index contributed by atoms with van der Waals surface area (Å²) < 4.78 is 4.89. The van der Waals surface area contributed by atoms with E-state index in [9.17, 15) is 4.79 Å². The van der Waals surface area contributed by atoms with Crippen LogP contribution in [0.15, 0.2) is 48.6 Å². The van der Waals surface area contributed by atoms with Crippen molar-refractivity contribution in [2.75, 3.05) is 6.61 Å². The molecule has 0 spiro atoms. The molecule has 0 atom stereocenters. The highest BCUT2D eigenvalue weighted by Gasteiger charge is 1.91. The maximum atomic E-state index is 10.6. The minimum Gasteiger partial charge on any atom is -0.466 e. The van der Waals surface area contributed by atoms with Crippen LogP contribution in [0.5, 0.6) is 0 Å². The molecule has 0 fully saturated rings. The number of hydrogen-bond donors (Lipinski definition) is 0. The van der Waals surface area contributed by atoms with Crippen molar-refractivity contribution in [2.24, 2.45) is 0 Å². The fraction of sp³-hybridized carbons (Fsp3) is 0.591. The van der Waals surface area contributed by atoms with Gasteiger partial charge >= 0.3 is 5.97 Å². The molecule has 0 aromatic carbocycles. The number of unbranched alkanes of at least 4 members (excludes halogenated alkanes) is 5. The van der Waals surface area contributed by atoms with E-state index in [0.29, 0.717) is 6.61 Å². The Morgan fingerprint density at radius 1 is 0.708 bits per heavy atom. The Hall–Kier alpha value is -1.57. The Morgan fingerprint density at radius 2 is 1.17 bits per heavy atom. The highest BCUT2D eigenvalue weighted by Crippen LogP contribution is 2.01. The van der Waals surface area contributed by atoms with Crippen molar-refractivity contribution >= 4 is 5.97 Å². The molecule has 0 amide bonds. The molecule has 0 aliphatic carbocycles. The second-order valence-electron chi connectivity index (χ2n) is 5.92. The molecule has 136 valence electrons. The monoisotopic (exact) mass is 332 g/mol. The zero-order valence-electron chi connectivity index (χ0n) is 15.7. The van der Waals surface area contributed by atoms with Crippen LogP contribution in [0.1, 0.15) is 78.1 Å². The fourth-order valence-electron chi connectivity index (χ4n) is 2.14. The number of hydrogen-bond acceptors (Lipinski definition) is 2. The molecule has 0 aromatic heterocycles. The summed E-state index contributed by atoms with van der Waals surface area (Å²) in [5.74, 6) is -0.187. The van der Waals surface area contributed by atoms with Crippen molar-refractivity contribution in [1.29, 1.82) is 0 Å². The van der Waals surface area contributed by atoms with Crippen molar-refractivity contribution in [2.45, 2.75) is 78.1 Å². The van der Waals surface area contributed by atoms with Crippen LogP contribution in [0.4, 0.5) is 0 Å². The van der Waals surface area contributed by atoms with E-state index in [1.165, 1.54) is 32.6 Å². The highest BCUT2D eigenvalue weighted by atomic mass is 16.5. The summed E-state index contributed by atoms with van der Waals surface area (Å²) in [6, 6.07) is 0. The number of ether oxygens (including phenoxy) is 1. The van der Waals surface area contributed by atoms with E-state index in [2.05, 4.69) is 55.5 Å². The topological polar surface area (TPSA) is 26.3 Å². The summed E-state index contributed by atoms with van der Waals surface area (Å²) in [6.07, 6.45) is 29.2. The van der Waals surface area contributed by atoms with Gasteiger partial charge in [0.25, 0.3) is 0 Å². The average molecular weight is 333 g/mol. The summed E-state index contributed by atoms with van der Waals surface area (Å²) in [4.78, 5) is 10.6. The molecular weight excluding hydrogens is 296 g/mol. The second kappa shape index (κ2) is 19.5. The van der Waals surface area contributed by atoms with Gasteiger partial charge in [-0.2, -0.15) is 0 Å². The van der Waals surface area contributed by atoms with E-state index >= 15 is 0 Å². The van der Waals surface area contributed by atoms with Crippen LogP contribution in [0.25, 0.3) is 0 Å². The second-order valence-corrected chi connectivity index (χ2v) is 5.92. The van der Waals surface area contributed by atoms with E-state index in [1.807, 2.05) is 0 Å². The Bertz CT molecular complexity index is 389. The van der Waals surface area contributed by atoms with E-state index in [1.54, 1.807) is 0 Å². The molecule has 0 N–H and O–H groups in total. The predicted octanol–water partition coefficient (Wildman–Crippen LogP) is 6.70. The van der Waals surface area contributed by atoms with Crippen molar-refractivity contribution in [3.8, 4) is 0 Å². The van der Waals surface area contributed by atoms with Crippen LogP contribution < -0.4 is 0 Å². The van der Waals surface area contributed by atoms with Gasteiger partial charge < -0.3 is 4.74 Å². The van der Waals surface area contributed by atoms with Crippen molar-refractivity contribution in [3.63, 3.8) is 0 Å². The molecule has 0 bridgehead atoms. The largest absolute Gasteiger partial charge is 0.466 e. The van der Waals surface area contributed by atoms with Gasteiger partial charge in [-0.15, -0.1) is 0 Å². The molecule has 0 heterocycles. The normalized spacial score (nSPS) is 12.2.